The molecule has 0 amide bonds. The van der Waals surface area contributed by atoms with Gasteiger partial charge in [-0.15, -0.1) is 6.58 Å². The topological polar surface area (TPSA) is 177 Å². The molecule has 0 aliphatic carbocycles. The van der Waals surface area contributed by atoms with E-state index >= 15 is 0 Å². The SMILES string of the molecule is C=CCO[C@H]1[C@@H](OC(C)=O)[C@@H](COC(C)=O)O[C@@H](O[C@@H]2CO[C@@H](O)[C@H](O)[C@H]2O)[C@@H]1OC(C)=O. The third-order valence-corrected chi connectivity index (χ3v) is 4.82. The molecule has 0 aromatic carbocycles. The van der Waals surface area contributed by atoms with Gasteiger partial charge in [-0.2, -0.15) is 0 Å². The van der Waals surface area contributed by atoms with Gasteiger partial charge in [0.2, 0.25) is 0 Å². The predicted molar refractivity (Wildman–Crippen MR) is 105 cm³/mol. The van der Waals surface area contributed by atoms with E-state index in [-0.39, 0.29) is 19.8 Å². The summed E-state index contributed by atoms with van der Waals surface area (Å²) in [7, 11) is 0. The van der Waals surface area contributed by atoms with Crippen LogP contribution in [0.4, 0.5) is 0 Å². The van der Waals surface area contributed by atoms with Crippen LogP contribution in [0.2, 0.25) is 0 Å². The summed E-state index contributed by atoms with van der Waals surface area (Å²) in [5.74, 6) is -2.06. The lowest BCUT2D eigenvalue weighted by Crippen LogP contribution is -2.64. The second kappa shape index (κ2) is 12.4. The third-order valence-electron chi connectivity index (χ3n) is 4.82. The van der Waals surface area contributed by atoms with Crippen molar-refractivity contribution in [2.75, 3.05) is 19.8 Å². The summed E-state index contributed by atoms with van der Waals surface area (Å²) in [5.41, 5.74) is 0. The van der Waals surface area contributed by atoms with E-state index in [2.05, 4.69) is 6.58 Å². The van der Waals surface area contributed by atoms with Gasteiger partial charge in [0.25, 0.3) is 0 Å². The molecule has 0 aromatic rings. The fraction of sp³-hybridized carbons (Fsp3) is 0.750. The molecule has 2 heterocycles. The number of esters is 3. The Balaban J connectivity index is 2.37. The van der Waals surface area contributed by atoms with Crippen molar-refractivity contribution in [3.8, 4) is 0 Å². The van der Waals surface area contributed by atoms with Crippen LogP contribution in [0, 0.1) is 0 Å². The average Bonchev–Trinajstić information content (AvgIpc) is 2.73. The smallest absolute Gasteiger partial charge is 0.303 e. The number of aliphatic hydroxyl groups is 3. The summed E-state index contributed by atoms with van der Waals surface area (Å²) >= 11 is 0. The first-order valence-electron chi connectivity index (χ1n) is 10.2. The molecule has 0 spiro atoms. The van der Waals surface area contributed by atoms with E-state index in [1.165, 1.54) is 13.0 Å². The first-order chi connectivity index (χ1) is 15.5. The molecule has 0 unspecified atom stereocenters. The summed E-state index contributed by atoms with van der Waals surface area (Å²) < 4.78 is 38.0. The average molecular weight is 478 g/mol. The molecule has 9 atom stereocenters. The second-order valence-electron chi connectivity index (χ2n) is 7.46. The minimum atomic E-state index is -1.67. The highest BCUT2D eigenvalue weighted by Gasteiger charge is 2.53. The van der Waals surface area contributed by atoms with Crippen LogP contribution >= 0.6 is 0 Å². The number of rotatable bonds is 9. The molecular weight excluding hydrogens is 448 g/mol. The van der Waals surface area contributed by atoms with E-state index in [4.69, 9.17) is 33.2 Å². The van der Waals surface area contributed by atoms with E-state index in [0.29, 0.717) is 0 Å². The maximum atomic E-state index is 11.8. The van der Waals surface area contributed by atoms with E-state index < -0.39 is 73.2 Å². The van der Waals surface area contributed by atoms with E-state index in [9.17, 15) is 29.7 Å². The van der Waals surface area contributed by atoms with Crippen LogP contribution < -0.4 is 0 Å². The van der Waals surface area contributed by atoms with Gasteiger partial charge in [0.1, 0.15) is 37.1 Å². The normalized spacial score (nSPS) is 36.5. The van der Waals surface area contributed by atoms with Gasteiger partial charge in [-0.25, -0.2) is 0 Å². The Morgan fingerprint density at radius 3 is 2.18 bits per heavy atom. The van der Waals surface area contributed by atoms with Crippen LogP contribution in [-0.2, 0) is 47.5 Å². The van der Waals surface area contributed by atoms with Crippen molar-refractivity contribution in [1.29, 1.82) is 0 Å². The zero-order valence-electron chi connectivity index (χ0n) is 18.5. The second-order valence-corrected chi connectivity index (χ2v) is 7.46. The molecular formula is C20H30O13. The lowest BCUT2D eigenvalue weighted by atomic mass is 9.97. The number of hydrogen-bond donors (Lipinski definition) is 3. The minimum Gasteiger partial charge on any atom is -0.463 e. The lowest BCUT2D eigenvalue weighted by molar-refractivity contribution is -0.344. The van der Waals surface area contributed by atoms with Crippen molar-refractivity contribution in [3.05, 3.63) is 12.7 Å². The van der Waals surface area contributed by atoms with Gasteiger partial charge in [0, 0.05) is 20.8 Å². The van der Waals surface area contributed by atoms with E-state index in [1.807, 2.05) is 0 Å². The highest BCUT2D eigenvalue weighted by molar-refractivity contribution is 5.67. The number of carbonyl (C=O) groups excluding carboxylic acids is 3. The Morgan fingerprint density at radius 1 is 0.970 bits per heavy atom. The molecule has 188 valence electrons. The van der Waals surface area contributed by atoms with Crippen molar-refractivity contribution in [3.63, 3.8) is 0 Å². The molecule has 2 rings (SSSR count). The van der Waals surface area contributed by atoms with Gasteiger partial charge < -0.3 is 48.5 Å². The molecule has 2 aliphatic rings. The Morgan fingerprint density at radius 2 is 1.61 bits per heavy atom. The molecule has 13 heteroatoms. The lowest BCUT2D eigenvalue weighted by Gasteiger charge is -2.46. The maximum absolute atomic E-state index is 11.8. The van der Waals surface area contributed by atoms with Gasteiger partial charge in [-0.05, 0) is 0 Å². The number of aliphatic hydroxyl groups excluding tert-OH is 3. The molecule has 13 nitrogen and oxygen atoms in total. The highest BCUT2D eigenvalue weighted by Crippen LogP contribution is 2.31. The van der Waals surface area contributed by atoms with Gasteiger partial charge in [0.15, 0.2) is 24.8 Å². The first-order valence-corrected chi connectivity index (χ1v) is 10.2. The zero-order valence-corrected chi connectivity index (χ0v) is 18.5. The molecule has 0 saturated carbocycles. The number of ether oxygens (including phenoxy) is 7. The maximum Gasteiger partial charge on any atom is 0.303 e. The summed E-state index contributed by atoms with van der Waals surface area (Å²) in [6, 6.07) is 0. The molecule has 2 aliphatic heterocycles. The van der Waals surface area contributed by atoms with Crippen LogP contribution in [0.25, 0.3) is 0 Å². The fourth-order valence-electron chi connectivity index (χ4n) is 3.41. The summed E-state index contributed by atoms with van der Waals surface area (Å²) in [4.78, 5) is 34.9. The van der Waals surface area contributed by atoms with Crippen molar-refractivity contribution >= 4 is 17.9 Å². The molecule has 2 fully saturated rings. The van der Waals surface area contributed by atoms with E-state index in [1.54, 1.807) is 0 Å². The molecule has 0 aromatic heterocycles. The van der Waals surface area contributed by atoms with Crippen LogP contribution in [0.15, 0.2) is 12.7 Å². The van der Waals surface area contributed by atoms with Gasteiger partial charge in [-0.3, -0.25) is 14.4 Å². The first kappa shape index (κ1) is 27.1. The molecule has 0 radical (unpaired) electrons. The van der Waals surface area contributed by atoms with Crippen molar-refractivity contribution in [2.24, 2.45) is 0 Å². The van der Waals surface area contributed by atoms with Gasteiger partial charge in [0.05, 0.1) is 13.2 Å². The standard InChI is InChI=1S/C20H30O13/c1-5-6-27-17-16(30-10(3)22)13(8-28-9(2)21)33-20(18(17)31-11(4)23)32-12-7-29-19(26)15(25)14(12)24/h5,12-20,24-26H,1,6-8H2,2-4H3/t12-,13-,14+,15-,16+,17+,18-,19-,20-/m1/s1. The van der Waals surface area contributed by atoms with Gasteiger partial charge >= 0.3 is 17.9 Å². The predicted octanol–water partition coefficient (Wildman–Crippen LogP) is -1.84. The van der Waals surface area contributed by atoms with Crippen molar-refractivity contribution in [1.82, 2.24) is 0 Å². The third kappa shape index (κ3) is 7.43. The highest BCUT2D eigenvalue weighted by atomic mass is 16.7. The Kier molecular flexibility index (Phi) is 10.2. The van der Waals surface area contributed by atoms with E-state index in [0.717, 1.165) is 13.8 Å². The van der Waals surface area contributed by atoms with Gasteiger partial charge in [-0.1, -0.05) is 6.08 Å². The minimum absolute atomic E-state index is 0.0345. The van der Waals surface area contributed by atoms with Crippen LogP contribution in [-0.4, -0.2) is 108 Å². The zero-order chi connectivity index (χ0) is 24.7. The van der Waals surface area contributed by atoms with Crippen LogP contribution in [0.3, 0.4) is 0 Å². The Labute approximate surface area is 190 Å². The Hall–Kier alpha value is -2.13. The number of hydrogen-bond acceptors (Lipinski definition) is 13. The quantitative estimate of drug-likeness (QED) is 0.192. The number of carbonyl (C=O) groups is 3. The monoisotopic (exact) mass is 478 g/mol. The molecule has 0 bridgehead atoms. The fourth-order valence-corrected chi connectivity index (χ4v) is 3.41. The Bertz CT molecular complexity index is 697. The van der Waals surface area contributed by atoms with Crippen LogP contribution in [0.1, 0.15) is 20.8 Å². The van der Waals surface area contributed by atoms with Crippen molar-refractivity contribution in [2.45, 2.75) is 76.1 Å². The molecule has 33 heavy (non-hydrogen) atoms. The summed E-state index contributed by atoms with van der Waals surface area (Å²) in [5, 5.41) is 29.7. The summed E-state index contributed by atoms with van der Waals surface area (Å²) in [6.45, 7) is 6.29. The summed E-state index contributed by atoms with van der Waals surface area (Å²) in [6.07, 6.45) is -10.8. The molecule has 2 saturated heterocycles. The molecule has 3 N–H and O–H groups in total. The largest absolute Gasteiger partial charge is 0.463 e. The van der Waals surface area contributed by atoms with Crippen LogP contribution in [0.5, 0.6) is 0 Å². The van der Waals surface area contributed by atoms with Crippen molar-refractivity contribution < 1.29 is 62.9 Å².